The van der Waals surface area contributed by atoms with E-state index in [0.717, 1.165) is 29.2 Å². The minimum atomic E-state index is 0.601. The molecule has 2 N–H and O–H groups in total. The van der Waals surface area contributed by atoms with Gasteiger partial charge in [0.1, 0.15) is 5.52 Å². The molecule has 2 aromatic rings. The van der Waals surface area contributed by atoms with Crippen LogP contribution < -0.4 is 5.73 Å². The average molecular weight is 259 g/mol. The van der Waals surface area contributed by atoms with Gasteiger partial charge in [-0.05, 0) is 44.9 Å². The molecule has 0 radical (unpaired) electrons. The molecule has 1 aromatic carbocycles. The van der Waals surface area contributed by atoms with E-state index in [9.17, 15) is 0 Å². The second kappa shape index (κ2) is 4.85. The van der Waals surface area contributed by atoms with Gasteiger partial charge in [-0.15, -0.1) is 0 Å². The van der Waals surface area contributed by atoms with E-state index in [1.165, 1.54) is 19.3 Å². The van der Waals surface area contributed by atoms with Gasteiger partial charge in [-0.1, -0.05) is 6.42 Å². The molecule has 0 bridgehead atoms. The Kier molecular flexibility index (Phi) is 3.19. The highest BCUT2D eigenvalue weighted by atomic mass is 16.3. The highest BCUT2D eigenvalue weighted by molar-refractivity contribution is 5.76. The van der Waals surface area contributed by atoms with Crippen LogP contribution in [0.2, 0.25) is 0 Å². The molecular weight excluding hydrogens is 238 g/mol. The fourth-order valence-electron chi connectivity index (χ4n) is 3.00. The Bertz CT molecular complexity index is 568. The number of fused-ring (bicyclic) bond motifs is 1. The molecule has 19 heavy (non-hydrogen) atoms. The van der Waals surface area contributed by atoms with E-state index in [1.807, 2.05) is 18.2 Å². The normalized spacial score (nSPS) is 24.9. The minimum Gasteiger partial charge on any atom is -0.439 e. The molecule has 2 heterocycles. The van der Waals surface area contributed by atoms with Gasteiger partial charge in [-0.3, -0.25) is 4.90 Å². The summed E-state index contributed by atoms with van der Waals surface area (Å²) in [5.41, 5.74) is 8.17. The number of nitrogen functional groups attached to an aromatic ring is 1. The number of piperidine rings is 1. The zero-order valence-electron chi connectivity index (χ0n) is 11.6. The van der Waals surface area contributed by atoms with Crippen molar-refractivity contribution in [2.75, 3.05) is 5.73 Å². The molecule has 0 amide bonds. The van der Waals surface area contributed by atoms with E-state index in [2.05, 4.69) is 23.7 Å². The molecule has 0 aliphatic carbocycles. The van der Waals surface area contributed by atoms with Gasteiger partial charge in [0.05, 0.1) is 6.54 Å². The fraction of sp³-hybridized carbons (Fsp3) is 0.533. The Labute approximate surface area is 113 Å². The van der Waals surface area contributed by atoms with Gasteiger partial charge in [0.2, 0.25) is 5.89 Å². The first kappa shape index (κ1) is 12.5. The smallest absolute Gasteiger partial charge is 0.209 e. The third-order valence-corrected chi connectivity index (χ3v) is 4.15. The number of rotatable bonds is 2. The van der Waals surface area contributed by atoms with Crippen LogP contribution in [0.4, 0.5) is 5.69 Å². The lowest BCUT2D eigenvalue weighted by molar-refractivity contribution is 0.0858. The van der Waals surface area contributed by atoms with Crippen LogP contribution in [-0.2, 0) is 6.54 Å². The lowest BCUT2D eigenvalue weighted by atomic mass is 9.98. The van der Waals surface area contributed by atoms with Crippen molar-refractivity contribution in [3.8, 4) is 0 Å². The van der Waals surface area contributed by atoms with Crippen LogP contribution in [0.15, 0.2) is 22.6 Å². The van der Waals surface area contributed by atoms with E-state index in [4.69, 9.17) is 10.2 Å². The molecule has 3 rings (SSSR count). The molecule has 1 saturated heterocycles. The third-order valence-electron chi connectivity index (χ3n) is 4.15. The zero-order valence-corrected chi connectivity index (χ0v) is 11.6. The molecular formula is C15H21N3O. The van der Waals surface area contributed by atoms with Crippen molar-refractivity contribution in [3.63, 3.8) is 0 Å². The monoisotopic (exact) mass is 259 g/mol. The van der Waals surface area contributed by atoms with E-state index in [1.54, 1.807) is 0 Å². The minimum absolute atomic E-state index is 0.601. The number of anilines is 1. The van der Waals surface area contributed by atoms with Crippen molar-refractivity contribution in [2.45, 2.75) is 51.7 Å². The van der Waals surface area contributed by atoms with Crippen molar-refractivity contribution in [1.29, 1.82) is 0 Å². The fourth-order valence-corrected chi connectivity index (χ4v) is 3.00. The number of benzene rings is 1. The summed E-state index contributed by atoms with van der Waals surface area (Å²) in [6, 6.07) is 6.81. The second-order valence-corrected chi connectivity index (χ2v) is 5.64. The molecule has 2 atom stereocenters. The van der Waals surface area contributed by atoms with Crippen molar-refractivity contribution in [2.24, 2.45) is 0 Å². The summed E-state index contributed by atoms with van der Waals surface area (Å²) in [5, 5.41) is 0. The maximum atomic E-state index is 5.81. The largest absolute Gasteiger partial charge is 0.439 e. The number of hydrogen-bond donors (Lipinski definition) is 1. The second-order valence-electron chi connectivity index (χ2n) is 5.64. The first-order chi connectivity index (χ1) is 9.13. The molecule has 4 heteroatoms. The van der Waals surface area contributed by atoms with E-state index in [0.29, 0.717) is 12.1 Å². The molecule has 0 unspecified atom stereocenters. The lowest BCUT2D eigenvalue weighted by Gasteiger charge is -2.38. The Morgan fingerprint density at radius 1 is 1.32 bits per heavy atom. The maximum Gasteiger partial charge on any atom is 0.209 e. The Morgan fingerprint density at radius 3 is 2.79 bits per heavy atom. The van der Waals surface area contributed by atoms with Gasteiger partial charge in [-0.25, -0.2) is 4.98 Å². The Morgan fingerprint density at radius 2 is 2.05 bits per heavy atom. The highest BCUT2D eigenvalue weighted by Crippen LogP contribution is 2.26. The Hall–Kier alpha value is -1.55. The summed E-state index contributed by atoms with van der Waals surface area (Å²) < 4.78 is 5.81. The SMILES string of the molecule is C[C@@H]1CCC[C@H](C)N1Cc1nc2cc(N)ccc2o1. The molecule has 0 spiro atoms. The van der Waals surface area contributed by atoms with Gasteiger partial charge >= 0.3 is 0 Å². The van der Waals surface area contributed by atoms with Gasteiger partial charge in [0.25, 0.3) is 0 Å². The molecule has 1 aromatic heterocycles. The predicted octanol–water partition coefficient (Wildman–Crippen LogP) is 3.17. The summed E-state index contributed by atoms with van der Waals surface area (Å²) >= 11 is 0. The van der Waals surface area contributed by atoms with Gasteiger partial charge in [0.15, 0.2) is 5.58 Å². The van der Waals surface area contributed by atoms with Crippen LogP contribution in [0.3, 0.4) is 0 Å². The van der Waals surface area contributed by atoms with Crippen molar-refractivity contribution >= 4 is 16.8 Å². The number of hydrogen-bond acceptors (Lipinski definition) is 4. The van der Waals surface area contributed by atoms with Crippen LogP contribution in [0, 0.1) is 0 Å². The van der Waals surface area contributed by atoms with E-state index in [-0.39, 0.29) is 0 Å². The molecule has 1 fully saturated rings. The number of nitrogens with zero attached hydrogens (tertiary/aromatic N) is 2. The van der Waals surface area contributed by atoms with Crippen LogP contribution in [-0.4, -0.2) is 22.0 Å². The molecule has 102 valence electrons. The van der Waals surface area contributed by atoms with Gasteiger partial charge < -0.3 is 10.2 Å². The Balaban J connectivity index is 1.84. The quantitative estimate of drug-likeness (QED) is 0.842. The van der Waals surface area contributed by atoms with Crippen LogP contribution in [0.5, 0.6) is 0 Å². The average Bonchev–Trinajstić information content (AvgIpc) is 2.75. The first-order valence-corrected chi connectivity index (χ1v) is 7.04. The number of likely N-dealkylation sites (tertiary alicyclic amines) is 1. The molecule has 4 nitrogen and oxygen atoms in total. The number of oxazole rings is 1. The summed E-state index contributed by atoms with van der Waals surface area (Å²) in [7, 11) is 0. The molecule has 0 saturated carbocycles. The maximum absolute atomic E-state index is 5.81. The molecule has 1 aliphatic heterocycles. The van der Waals surface area contributed by atoms with Crippen molar-refractivity contribution < 1.29 is 4.42 Å². The first-order valence-electron chi connectivity index (χ1n) is 7.04. The van der Waals surface area contributed by atoms with E-state index < -0.39 is 0 Å². The number of nitrogens with two attached hydrogens (primary N) is 1. The predicted molar refractivity (Wildman–Crippen MR) is 76.7 cm³/mol. The highest BCUT2D eigenvalue weighted by Gasteiger charge is 2.26. The van der Waals surface area contributed by atoms with E-state index >= 15 is 0 Å². The van der Waals surface area contributed by atoms with Crippen molar-refractivity contribution in [1.82, 2.24) is 9.88 Å². The van der Waals surface area contributed by atoms with Crippen molar-refractivity contribution in [3.05, 3.63) is 24.1 Å². The molecule has 1 aliphatic rings. The third kappa shape index (κ3) is 2.45. The lowest BCUT2D eigenvalue weighted by Crippen LogP contribution is -2.43. The van der Waals surface area contributed by atoms with Gasteiger partial charge in [0, 0.05) is 17.8 Å². The zero-order chi connectivity index (χ0) is 13.4. The summed E-state index contributed by atoms with van der Waals surface area (Å²) in [6.45, 7) is 5.36. The summed E-state index contributed by atoms with van der Waals surface area (Å²) in [5.74, 6) is 0.793. The summed E-state index contributed by atoms with van der Waals surface area (Å²) in [4.78, 5) is 7.03. The number of aromatic nitrogens is 1. The topological polar surface area (TPSA) is 55.3 Å². The van der Waals surface area contributed by atoms with Crippen LogP contribution >= 0.6 is 0 Å². The standard InChI is InChI=1S/C15H21N3O/c1-10-4-3-5-11(2)18(10)9-15-17-13-8-12(16)6-7-14(13)19-15/h6-8,10-11H,3-5,9,16H2,1-2H3/t10-,11+. The van der Waals surface area contributed by atoms with Gasteiger partial charge in [-0.2, -0.15) is 0 Å². The summed E-state index contributed by atoms with van der Waals surface area (Å²) in [6.07, 6.45) is 3.85. The van der Waals surface area contributed by atoms with Crippen LogP contribution in [0.25, 0.3) is 11.1 Å². The van der Waals surface area contributed by atoms with Crippen LogP contribution in [0.1, 0.15) is 39.0 Å².